The van der Waals surface area contributed by atoms with Gasteiger partial charge in [0.15, 0.2) is 0 Å². The van der Waals surface area contributed by atoms with Crippen molar-refractivity contribution in [3.8, 4) is 11.1 Å². The largest absolute Gasteiger partial charge is 0.351 e. The van der Waals surface area contributed by atoms with Crippen LogP contribution in [-0.2, 0) is 0 Å². The van der Waals surface area contributed by atoms with E-state index in [1.165, 1.54) is 0 Å². The van der Waals surface area contributed by atoms with Crippen LogP contribution in [0.15, 0.2) is 60.9 Å². The van der Waals surface area contributed by atoms with Gasteiger partial charge in [-0.3, -0.25) is 14.7 Å². The Bertz CT molecular complexity index is 1290. The Hall–Kier alpha value is -3.87. The average molecular weight is 442 g/mol. The molecule has 1 atom stereocenters. The van der Waals surface area contributed by atoms with Crippen molar-refractivity contribution in [1.82, 2.24) is 25.4 Å². The quantitative estimate of drug-likeness (QED) is 0.420. The fourth-order valence-corrected chi connectivity index (χ4v) is 4.55. The van der Waals surface area contributed by atoms with Crippen molar-refractivity contribution in [2.75, 3.05) is 6.54 Å². The Kier molecular flexibility index (Phi) is 5.46. The van der Waals surface area contributed by atoms with Gasteiger partial charge in [0.25, 0.3) is 11.8 Å². The molecule has 0 saturated carbocycles. The first-order valence-electron chi connectivity index (χ1n) is 11.3. The van der Waals surface area contributed by atoms with Gasteiger partial charge in [-0.1, -0.05) is 24.3 Å². The lowest BCUT2D eigenvalue weighted by Gasteiger charge is -2.25. The van der Waals surface area contributed by atoms with E-state index in [2.05, 4.69) is 32.6 Å². The van der Waals surface area contributed by atoms with Crippen LogP contribution in [0.5, 0.6) is 0 Å². The lowest BCUT2D eigenvalue weighted by atomic mass is 10.0. The van der Waals surface area contributed by atoms with E-state index in [-0.39, 0.29) is 23.9 Å². The summed E-state index contributed by atoms with van der Waals surface area (Å²) < 4.78 is 0. The number of benzene rings is 2. The molecule has 2 aromatic carbocycles. The van der Waals surface area contributed by atoms with Gasteiger partial charge >= 0.3 is 0 Å². The summed E-state index contributed by atoms with van der Waals surface area (Å²) in [6.45, 7) is 4.61. The number of aromatic amines is 2. The fourth-order valence-electron chi connectivity index (χ4n) is 4.55. The van der Waals surface area contributed by atoms with Crippen molar-refractivity contribution >= 4 is 22.7 Å². The molecule has 3 N–H and O–H groups in total. The Morgan fingerprint density at radius 2 is 1.91 bits per heavy atom. The Balaban J connectivity index is 1.37. The van der Waals surface area contributed by atoms with Crippen molar-refractivity contribution in [2.24, 2.45) is 0 Å². The van der Waals surface area contributed by atoms with Gasteiger partial charge in [-0.2, -0.15) is 5.10 Å². The van der Waals surface area contributed by atoms with E-state index < -0.39 is 0 Å². The molecule has 7 nitrogen and oxygen atoms in total. The van der Waals surface area contributed by atoms with E-state index in [1.54, 1.807) is 6.20 Å². The molecule has 2 aromatic heterocycles. The van der Waals surface area contributed by atoms with Crippen molar-refractivity contribution in [3.05, 3.63) is 77.7 Å². The number of H-pyrrole nitrogens is 2. The van der Waals surface area contributed by atoms with Crippen molar-refractivity contribution in [3.63, 3.8) is 0 Å². The summed E-state index contributed by atoms with van der Waals surface area (Å²) in [7, 11) is 0. The van der Waals surface area contributed by atoms with E-state index in [0.29, 0.717) is 11.3 Å². The van der Waals surface area contributed by atoms with E-state index in [4.69, 9.17) is 0 Å². The minimum Gasteiger partial charge on any atom is -0.351 e. The van der Waals surface area contributed by atoms with Crippen molar-refractivity contribution in [1.29, 1.82) is 0 Å². The fraction of sp³-hybridized carbons (Fsp3) is 0.269. The topological polar surface area (TPSA) is 93.9 Å². The molecule has 0 spiro atoms. The highest BCUT2D eigenvalue weighted by molar-refractivity contribution is 5.98. The zero-order valence-electron chi connectivity index (χ0n) is 18.8. The zero-order chi connectivity index (χ0) is 22.9. The van der Waals surface area contributed by atoms with Gasteiger partial charge in [0, 0.05) is 40.8 Å². The molecule has 33 heavy (non-hydrogen) atoms. The van der Waals surface area contributed by atoms with Gasteiger partial charge in [0.2, 0.25) is 0 Å². The standard InChI is InChI=1S/C26H27N5O2/c1-16(2)29-25(32)23-12-19-9-10-20(13-22(19)30-23)24-4-3-11-31(24)26(33)18-7-5-17(6-8-18)21-14-27-28-15-21/h5-10,12-16,24,30H,3-4,11H2,1-2H3,(H,27,28)(H,29,32). The monoisotopic (exact) mass is 441 g/mol. The van der Waals surface area contributed by atoms with Crippen LogP contribution in [0.1, 0.15) is 59.1 Å². The molecule has 3 heterocycles. The minimum atomic E-state index is -0.112. The molecule has 0 aliphatic carbocycles. The summed E-state index contributed by atoms with van der Waals surface area (Å²) in [6.07, 6.45) is 5.49. The summed E-state index contributed by atoms with van der Waals surface area (Å²) in [5, 5.41) is 10.7. The van der Waals surface area contributed by atoms with Crippen LogP contribution >= 0.6 is 0 Å². The molecule has 1 unspecified atom stereocenters. The molecular formula is C26H27N5O2. The van der Waals surface area contributed by atoms with E-state index >= 15 is 0 Å². The number of rotatable bonds is 5. The van der Waals surface area contributed by atoms with E-state index in [1.807, 2.05) is 61.3 Å². The number of hydrogen-bond acceptors (Lipinski definition) is 3. The van der Waals surface area contributed by atoms with Crippen molar-refractivity contribution in [2.45, 2.75) is 38.8 Å². The molecule has 1 fully saturated rings. The highest BCUT2D eigenvalue weighted by Crippen LogP contribution is 2.35. The Morgan fingerprint density at radius 3 is 2.64 bits per heavy atom. The maximum Gasteiger partial charge on any atom is 0.267 e. The average Bonchev–Trinajstić information content (AvgIpc) is 3.58. The molecule has 7 heteroatoms. The van der Waals surface area contributed by atoms with Crippen LogP contribution in [0.3, 0.4) is 0 Å². The molecule has 4 aromatic rings. The van der Waals surface area contributed by atoms with E-state index in [9.17, 15) is 9.59 Å². The third kappa shape index (κ3) is 4.14. The number of fused-ring (bicyclic) bond motifs is 1. The van der Waals surface area contributed by atoms with Crippen molar-refractivity contribution < 1.29 is 9.59 Å². The first kappa shape index (κ1) is 21.0. The summed E-state index contributed by atoms with van der Waals surface area (Å²) in [4.78, 5) is 30.9. The molecule has 0 bridgehead atoms. The smallest absolute Gasteiger partial charge is 0.267 e. The molecule has 0 radical (unpaired) electrons. The molecule has 1 aliphatic rings. The highest BCUT2D eigenvalue weighted by atomic mass is 16.2. The summed E-state index contributed by atoms with van der Waals surface area (Å²) in [5.41, 5.74) is 5.24. The molecule has 1 saturated heterocycles. The van der Waals surface area contributed by atoms with Gasteiger partial charge in [-0.05, 0) is 62.1 Å². The number of hydrogen-bond donors (Lipinski definition) is 3. The first-order valence-corrected chi connectivity index (χ1v) is 11.3. The normalized spacial score (nSPS) is 16.0. The Labute approximate surface area is 192 Å². The van der Waals surface area contributed by atoms with Crippen LogP contribution in [0, 0.1) is 0 Å². The van der Waals surface area contributed by atoms with Crippen LogP contribution in [0.25, 0.3) is 22.0 Å². The number of likely N-dealkylation sites (tertiary alicyclic amines) is 1. The molecular weight excluding hydrogens is 414 g/mol. The highest BCUT2D eigenvalue weighted by Gasteiger charge is 2.31. The Morgan fingerprint density at radius 1 is 1.09 bits per heavy atom. The van der Waals surface area contributed by atoms with Crippen LogP contribution in [-0.4, -0.2) is 44.5 Å². The third-order valence-corrected chi connectivity index (χ3v) is 6.17. The minimum absolute atomic E-state index is 0.0201. The van der Waals surface area contributed by atoms with Crippen LogP contribution in [0.2, 0.25) is 0 Å². The van der Waals surface area contributed by atoms with Gasteiger partial charge in [-0.25, -0.2) is 0 Å². The van der Waals surface area contributed by atoms with Crippen LogP contribution < -0.4 is 5.32 Å². The van der Waals surface area contributed by atoms with Crippen LogP contribution in [0.4, 0.5) is 0 Å². The number of amides is 2. The number of carbonyl (C=O) groups excluding carboxylic acids is 2. The number of carbonyl (C=O) groups is 2. The summed E-state index contributed by atoms with van der Waals surface area (Å²) in [6, 6.07) is 15.8. The summed E-state index contributed by atoms with van der Waals surface area (Å²) >= 11 is 0. The van der Waals surface area contributed by atoms with E-state index in [0.717, 1.165) is 47.0 Å². The number of nitrogens with one attached hydrogen (secondary N) is 3. The second-order valence-electron chi connectivity index (χ2n) is 8.88. The second-order valence-corrected chi connectivity index (χ2v) is 8.88. The lowest BCUT2D eigenvalue weighted by Crippen LogP contribution is -2.30. The lowest BCUT2D eigenvalue weighted by molar-refractivity contribution is 0.0735. The summed E-state index contributed by atoms with van der Waals surface area (Å²) in [5.74, 6) is -0.0703. The molecule has 2 amide bonds. The molecule has 5 rings (SSSR count). The zero-order valence-corrected chi connectivity index (χ0v) is 18.8. The third-order valence-electron chi connectivity index (χ3n) is 6.17. The maximum atomic E-state index is 13.3. The van der Waals surface area contributed by atoms with Gasteiger partial charge in [0.1, 0.15) is 5.69 Å². The van der Waals surface area contributed by atoms with Gasteiger partial charge in [-0.15, -0.1) is 0 Å². The first-order chi connectivity index (χ1) is 16.0. The predicted octanol–water partition coefficient (Wildman–Crippen LogP) is 4.67. The molecule has 168 valence electrons. The molecule has 1 aliphatic heterocycles. The van der Waals surface area contributed by atoms with Gasteiger partial charge < -0.3 is 15.2 Å². The maximum absolute atomic E-state index is 13.3. The van der Waals surface area contributed by atoms with Gasteiger partial charge in [0.05, 0.1) is 12.2 Å². The number of aromatic nitrogens is 3. The number of nitrogens with zero attached hydrogens (tertiary/aromatic N) is 2. The SMILES string of the molecule is CC(C)NC(=O)c1cc2ccc(C3CCCN3C(=O)c3ccc(-c4cn[nH]c4)cc3)cc2[nH]1. The predicted molar refractivity (Wildman–Crippen MR) is 128 cm³/mol. The second kappa shape index (κ2) is 8.58.